The Morgan fingerprint density at radius 1 is 1.24 bits per heavy atom. The van der Waals surface area contributed by atoms with Gasteiger partial charge in [-0.25, -0.2) is 9.37 Å². The second kappa shape index (κ2) is 8.16. The van der Waals surface area contributed by atoms with Crippen LogP contribution in [0, 0.1) is 5.82 Å². The van der Waals surface area contributed by atoms with Gasteiger partial charge in [0.15, 0.2) is 11.5 Å². The van der Waals surface area contributed by atoms with Gasteiger partial charge in [0.05, 0.1) is 29.0 Å². The number of aromatic amines is 1. The summed E-state index contributed by atoms with van der Waals surface area (Å²) in [6.07, 6.45) is 1.52. The number of fused-ring (bicyclic) bond motifs is 1. The van der Waals surface area contributed by atoms with Gasteiger partial charge < -0.3 is 10.1 Å². The van der Waals surface area contributed by atoms with Crippen LogP contribution in [0.2, 0.25) is 0 Å². The van der Waals surface area contributed by atoms with Crippen LogP contribution < -0.4 is 4.90 Å². The summed E-state index contributed by atoms with van der Waals surface area (Å²) in [7, 11) is 0. The predicted molar refractivity (Wildman–Crippen MR) is 112 cm³/mol. The molecule has 0 aliphatic carbocycles. The number of halogens is 2. The van der Waals surface area contributed by atoms with Gasteiger partial charge in [-0.05, 0) is 37.3 Å². The lowest BCUT2D eigenvalue weighted by atomic mass is 9.96. The van der Waals surface area contributed by atoms with Crippen molar-refractivity contribution in [3.05, 3.63) is 69.9 Å². The monoisotopic (exact) mass is 459 g/mol. The van der Waals surface area contributed by atoms with E-state index in [0.717, 1.165) is 0 Å². The van der Waals surface area contributed by atoms with Crippen molar-refractivity contribution in [3.63, 3.8) is 0 Å². The predicted octanol–water partition coefficient (Wildman–Crippen LogP) is 4.98. The minimum Gasteiger partial charge on any atom is -0.503 e. The standard InChI is InChI=1S/C19H13BrFN3O3.C2H6/c1-9(25)16-17(12-4-2-10(20)6-13(12)21)24(19(27)18(16)26)11-3-5-14-15(7-11)23-8-22-14;1-2/h2-8,17,26H,1H3,(H,22,23);1-2H3. The Morgan fingerprint density at radius 3 is 2.62 bits per heavy atom. The number of aromatic nitrogens is 2. The van der Waals surface area contributed by atoms with Crippen molar-refractivity contribution in [2.75, 3.05) is 4.90 Å². The summed E-state index contributed by atoms with van der Waals surface area (Å²) in [4.78, 5) is 33.2. The number of aliphatic hydroxyl groups excluding tert-OH is 1. The summed E-state index contributed by atoms with van der Waals surface area (Å²) in [6, 6.07) is 8.30. The van der Waals surface area contributed by atoms with E-state index in [2.05, 4.69) is 25.9 Å². The lowest BCUT2D eigenvalue weighted by molar-refractivity contribution is -0.117. The van der Waals surface area contributed by atoms with Gasteiger partial charge in [0, 0.05) is 15.7 Å². The van der Waals surface area contributed by atoms with Crippen LogP contribution in [-0.2, 0) is 9.59 Å². The first-order valence-electron chi connectivity index (χ1n) is 9.04. The number of rotatable bonds is 3. The average Bonchev–Trinajstić information content (AvgIpc) is 3.26. The molecule has 0 bridgehead atoms. The van der Waals surface area contributed by atoms with Gasteiger partial charge in [-0.2, -0.15) is 0 Å². The number of benzene rings is 2. The molecule has 2 aromatic carbocycles. The number of ketones is 1. The van der Waals surface area contributed by atoms with E-state index in [9.17, 15) is 19.1 Å². The minimum absolute atomic E-state index is 0.116. The molecule has 0 fully saturated rings. The Labute approximate surface area is 175 Å². The maximum atomic E-state index is 14.7. The molecule has 1 aromatic heterocycles. The molecule has 150 valence electrons. The SMILES string of the molecule is CC.CC(=O)C1=C(O)C(=O)N(c2ccc3nc[nH]c3c2)C1c1ccc(Br)cc1F. The number of Topliss-reactive ketones (excluding diaryl/α,β-unsaturated/α-hetero) is 1. The second-order valence-electron chi connectivity index (χ2n) is 6.17. The molecule has 29 heavy (non-hydrogen) atoms. The first kappa shape index (κ1) is 20.7. The molecule has 1 aliphatic heterocycles. The van der Waals surface area contributed by atoms with Crippen LogP contribution in [0.1, 0.15) is 32.4 Å². The number of nitrogens with zero attached hydrogens (tertiary/aromatic N) is 2. The van der Waals surface area contributed by atoms with E-state index in [-0.39, 0.29) is 11.1 Å². The summed E-state index contributed by atoms with van der Waals surface area (Å²) >= 11 is 3.20. The van der Waals surface area contributed by atoms with Crippen LogP contribution >= 0.6 is 15.9 Å². The van der Waals surface area contributed by atoms with Crippen molar-refractivity contribution >= 4 is 44.3 Å². The van der Waals surface area contributed by atoms with Gasteiger partial charge in [0.25, 0.3) is 5.91 Å². The van der Waals surface area contributed by atoms with Crippen molar-refractivity contribution in [1.29, 1.82) is 0 Å². The largest absolute Gasteiger partial charge is 0.503 e. The average molecular weight is 460 g/mol. The van der Waals surface area contributed by atoms with Gasteiger partial charge in [0.1, 0.15) is 5.82 Å². The number of hydrogen-bond acceptors (Lipinski definition) is 4. The van der Waals surface area contributed by atoms with Gasteiger partial charge in [0.2, 0.25) is 0 Å². The highest BCUT2D eigenvalue weighted by Gasteiger charge is 2.44. The summed E-state index contributed by atoms with van der Waals surface area (Å²) in [5.41, 5.74) is 1.76. The molecule has 1 aliphatic rings. The number of carbonyl (C=O) groups excluding carboxylic acids is 2. The van der Waals surface area contributed by atoms with Crippen LogP contribution in [-0.4, -0.2) is 26.8 Å². The molecule has 0 radical (unpaired) electrons. The number of carbonyl (C=O) groups is 2. The maximum Gasteiger partial charge on any atom is 0.294 e. The van der Waals surface area contributed by atoms with Gasteiger partial charge >= 0.3 is 0 Å². The molecule has 3 aromatic rings. The molecule has 0 saturated carbocycles. The number of imidazole rings is 1. The normalized spacial score (nSPS) is 16.2. The zero-order chi connectivity index (χ0) is 21.3. The number of H-pyrrole nitrogens is 1. The van der Waals surface area contributed by atoms with E-state index in [4.69, 9.17) is 0 Å². The Hall–Kier alpha value is -3.00. The fourth-order valence-electron chi connectivity index (χ4n) is 3.32. The van der Waals surface area contributed by atoms with E-state index < -0.39 is 29.3 Å². The topological polar surface area (TPSA) is 86.3 Å². The third-order valence-corrected chi connectivity index (χ3v) is 5.02. The molecule has 6 nitrogen and oxygen atoms in total. The molecule has 0 saturated heterocycles. The van der Waals surface area contributed by atoms with Gasteiger partial charge in [-0.15, -0.1) is 0 Å². The third-order valence-electron chi connectivity index (χ3n) is 4.53. The van der Waals surface area contributed by atoms with Crippen molar-refractivity contribution in [3.8, 4) is 0 Å². The molecule has 8 heteroatoms. The second-order valence-corrected chi connectivity index (χ2v) is 7.08. The Morgan fingerprint density at radius 2 is 1.97 bits per heavy atom. The zero-order valence-corrected chi connectivity index (χ0v) is 17.6. The molecule has 1 atom stereocenters. The van der Waals surface area contributed by atoms with Crippen molar-refractivity contribution < 1.29 is 19.1 Å². The number of anilines is 1. The summed E-state index contributed by atoms with van der Waals surface area (Å²) in [5, 5.41) is 10.3. The van der Waals surface area contributed by atoms with Crippen LogP contribution in [0.5, 0.6) is 0 Å². The lowest BCUT2D eigenvalue weighted by Gasteiger charge is -2.27. The Bertz CT molecular complexity index is 1140. The van der Waals surface area contributed by atoms with Crippen LogP contribution in [0.4, 0.5) is 10.1 Å². The highest BCUT2D eigenvalue weighted by molar-refractivity contribution is 9.10. The summed E-state index contributed by atoms with van der Waals surface area (Å²) in [6.45, 7) is 5.24. The molecule has 1 unspecified atom stereocenters. The van der Waals surface area contributed by atoms with Crippen molar-refractivity contribution in [1.82, 2.24) is 9.97 Å². The zero-order valence-electron chi connectivity index (χ0n) is 16.0. The maximum absolute atomic E-state index is 14.7. The van der Waals surface area contributed by atoms with E-state index in [1.54, 1.807) is 24.3 Å². The van der Waals surface area contributed by atoms with E-state index >= 15 is 0 Å². The van der Waals surface area contributed by atoms with E-state index in [1.807, 2.05) is 13.8 Å². The fourth-order valence-corrected chi connectivity index (χ4v) is 3.66. The van der Waals surface area contributed by atoms with Crippen LogP contribution in [0.25, 0.3) is 11.0 Å². The molecule has 1 amide bonds. The van der Waals surface area contributed by atoms with Crippen LogP contribution in [0.15, 0.2) is 58.5 Å². The number of amides is 1. The molecular formula is C21H19BrFN3O3. The van der Waals surface area contributed by atoms with Crippen molar-refractivity contribution in [2.45, 2.75) is 26.8 Å². The quantitative estimate of drug-likeness (QED) is 0.578. The molecule has 2 heterocycles. The molecule has 0 spiro atoms. The number of aliphatic hydroxyl groups is 1. The molecule has 2 N–H and O–H groups in total. The number of hydrogen-bond donors (Lipinski definition) is 2. The summed E-state index contributed by atoms with van der Waals surface area (Å²) < 4.78 is 15.2. The van der Waals surface area contributed by atoms with Gasteiger partial charge in [-0.1, -0.05) is 35.8 Å². The molecular weight excluding hydrogens is 441 g/mol. The highest BCUT2D eigenvalue weighted by atomic mass is 79.9. The first-order chi connectivity index (χ1) is 13.9. The Balaban J connectivity index is 0.00000117. The first-order valence-corrected chi connectivity index (χ1v) is 9.83. The lowest BCUT2D eigenvalue weighted by Crippen LogP contribution is -2.31. The highest BCUT2D eigenvalue weighted by Crippen LogP contribution is 2.42. The van der Waals surface area contributed by atoms with Crippen LogP contribution in [0.3, 0.4) is 0 Å². The Kier molecular flexibility index (Phi) is 5.83. The van der Waals surface area contributed by atoms with E-state index in [1.165, 1.54) is 30.3 Å². The summed E-state index contributed by atoms with van der Waals surface area (Å²) in [5.74, 6) is -2.52. The molecule has 4 rings (SSSR count). The fraction of sp³-hybridized carbons (Fsp3) is 0.190. The third kappa shape index (κ3) is 3.55. The number of nitrogens with one attached hydrogen (secondary N) is 1. The minimum atomic E-state index is -1.07. The van der Waals surface area contributed by atoms with Gasteiger partial charge in [-0.3, -0.25) is 14.5 Å². The smallest absolute Gasteiger partial charge is 0.294 e. The van der Waals surface area contributed by atoms with E-state index in [0.29, 0.717) is 21.2 Å². The van der Waals surface area contributed by atoms with Crippen molar-refractivity contribution in [2.24, 2.45) is 0 Å².